The molecule has 0 saturated carbocycles. The second kappa shape index (κ2) is 6.64. The molecule has 0 aromatic heterocycles. The number of hydrogen-bond acceptors (Lipinski definition) is 4. The first kappa shape index (κ1) is 10.9. The summed E-state index contributed by atoms with van der Waals surface area (Å²) in [6, 6.07) is 0. The lowest BCUT2D eigenvalue weighted by Crippen LogP contribution is -2.17. The molecule has 0 bridgehead atoms. The first-order chi connectivity index (χ1) is 5.76. The number of carbonyl (C=O) groups excluding carboxylic acids is 2. The van der Waals surface area contributed by atoms with Crippen LogP contribution in [0.1, 0.15) is 19.8 Å². The molecule has 0 fully saturated rings. The molecule has 70 valence electrons. The molecule has 1 atom stereocenters. The fourth-order valence-electron chi connectivity index (χ4n) is 0.914. The van der Waals surface area contributed by atoms with Gasteiger partial charge in [0.2, 0.25) is 0 Å². The molecule has 0 N–H and O–H groups in total. The number of hydrogen-bond donors (Lipinski definition) is 0. The summed E-state index contributed by atoms with van der Waals surface area (Å²) in [6.45, 7) is 2.55. The van der Waals surface area contributed by atoms with Crippen molar-refractivity contribution < 1.29 is 19.1 Å². The van der Waals surface area contributed by atoms with Gasteiger partial charge in [0, 0.05) is 0 Å². The van der Waals surface area contributed by atoms with Crippen LogP contribution in [-0.4, -0.2) is 26.2 Å². The van der Waals surface area contributed by atoms with Crippen molar-refractivity contribution in [2.24, 2.45) is 5.92 Å². The molecular weight excluding hydrogens is 160 g/mol. The van der Waals surface area contributed by atoms with Crippen LogP contribution in [0.4, 0.5) is 0 Å². The summed E-state index contributed by atoms with van der Waals surface area (Å²) in [5, 5.41) is 0. The fourth-order valence-corrected chi connectivity index (χ4v) is 0.914. The Hall–Kier alpha value is -1.06. The normalized spacial score (nSPS) is 11.8. The van der Waals surface area contributed by atoms with Crippen molar-refractivity contribution >= 4 is 12.4 Å². The summed E-state index contributed by atoms with van der Waals surface area (Å²) in [6.07, 6.45) is 1.23. The SMILES string of the molecule is CCC(CCOC=O)C(=O)OC. The molecule has 4 heteroatoms. The Balaban J connectivity index is 3.66. The van der Waals surface area contributed by atoms with E-state index < -0.39 is 0 Å². The van der Waals surface area contributed by atoms with Gasteiger partial charge in [-0.05, 0) is 12.8 Å². The molecule has 0 aromatic carbocycles. The van der Waals surface area contributed by atoms with Crippen molar-refractivity contribution in [3.8, 4) is 0 Å². The van der Waals surface area contributed by atoms with Crippen molar-refractivity contribution in [3.05, 3.63) is 0 Å². The van der Waals surface area contributed by atoms with Gasteiger partial charge in [0.05, 0.1) is 19.6 Å². The summed E-state index contributed by atoms with van der Waals surface area (Å²) in [4.78, 5) is 20.7. The van der Waals surface area contributed by atoms with Crippen LogP contribution in [-0.2, 0) is 19.1 Å². The Kier molecular flexibility index (Phi) is 6.05. The number of rotatable bonds is 6. The molecule has 0 aliphatic carbocycles. The minimum Gasteiger partial charge on any atom is -0.469 e. The molecule has 0 heterocycles. The van der Waals surface area contributed by atoms with Gasteiger partial charge < -0.3 is 9.47 Å². The zero-order valence-electron chi connectivity index (χ0n) is 7.41. The van der Waals surface area contributed by atoms with E-state index in [4.69, 9.17) is 0 Å². The van der Waals surface area contributed by atoms with Gasteiger partial charge in [0.25, 0.3) is 6.47 Å². The molecular formula is C8H14O4. The van der Waals surface area contributed by atoms with Crippen LogP contribution in [0.3, 0.4) is 0 Å². The summed E-state index contributed by atoms with van der Waals surface area (Å²) in [7, 11) is 1.35. The largest absolute Gasteiger partial charge is 0.469 e. The van der Waals surface area contributed by atoms with Crippen LogP contribution in [0.15, 0.2) is 0 Å². The smallest absolute Gasteiger partial charge is 0.308 e. The van der Waals surface area contributed by atoms with Crippen molar-refractivity contribution in [1.29, 1.82) is 0 Å². The minimum absolute atomic E-state index is 0.157. The minimum atomic E-state index is -0.244. The summed E-state index contributed by atoms with van der Waals surface area (Å²) in [5.74, 6) is -0.401. The monoisotopic (exact) mass is 174 g/mol. The molecule has 1 unspecified atom stereocenters. The lowest BCUT2D eigenvalue weighted by Gasteiger charge is -2.10. The maximum atomic E-state index is 11.0. The molecule has 0 rings (SSSR count). The Morgan fingerprint density at radius 3 is 2.67 bits per heavy atom. The highest BCUT2D eigenvalue weighted by atomic mass is 16.5. The van der Waals surface area contributed by atoms with Gasteiger partial charge in [-0.25, -0.2) is 0 Å². The maximum absolute atomic E-state index is 11.0. The van der Waals surface area contributed by atoms with E-state index >= 15 is 0 Å². The highest BCUT2D eigenvalue weighted by molar-refractivity contribution is 5.72. The Morgan fingerprint density at radius 1 is 1.58 bits per heavy atom. The second-order valence-corrected chi connectivity index (χ2v) is 2.38. The highest BCUT2D eigenvalue weighted by Crippen LogP contribution is 2.09. The van der Waals surface area contributed by atoms with Crippen molar-refractivity contribution in [2.45, 2.75) is 19.8 Å². The average Bonchev–Trinajstić information content (AvgIpc) is 2.11. The summed E-state index contributed by atoms with van der Waals surface area (Å²) < 4.78 is 9.02. The molecule has 0 aromatic rings. The average molecular weight is 174 g/mol. The van der Waals surface area contributed by atoms with Crippen LogP contribution in [0.5, 0.6) is 0 Å². The molecule has 0 radical (unpaired) electrons. The van der Waals surface area contributed by atoms with Crippen LogP contribution in [0, 0.1) is 5.92 Å². The van der Waals surface area contributed by atoms with Gasteiger partial charge in [0.15, 0.2) is 0 Å². The maximum Gasteiger partial charge on any atom is 0.308 e. The van der Waals surface area contributed by atoms with E-state index in [2.05, 4.69) is 9.47 Å². The van der Waals surface area contributed by atoms with Crippen LogP contribution in [0.2, 0.25) is 0 Å². The zero-order valence-corrected chi connectivity index (χ0v) is 7.41. The standard InChI is InChI=1S/C8H14O4/c1-3-7(8(10)11-2)4-5-12-6-9/h6-7H,3-5H2,1-2H3. The Bertz CT molecular complexity index is 144. The number of carbonyl (C=O) groups is 2. The van der Waals surface area contributed by atoms with Gasteiger partial charge in [-0.15, -0.1) is 0 Å². The topological polar surface area (TPSA) is 52.6 Å². The molecule has 0 amide bonds. The van der Waals surface area contributed by atoms with Gasteiger partial charge in [-0.1, -0.05) is 6.92 Å². The lowest BCUT2D eigenvalue weighted by molar-refractivity contribution is -0.147. The van der Waals surface area contributed by atoms with Crippen molar-refractivity contribution in [1.82, 2.24) is 0 Å². The molecule has 0 spiro atoms. The molecule has 0 aliphatic rings. The summed E-state index contributed by atoms with van der Waals surface area (Å²) in [5.41, 5.74) is 0. The van der Waals surface area contributed by atoms with Gasteiger partial charge >= 0.3 is 5.97 Å². The van der Waals surface area contributed by atoms with E-state index in [1.54, 1.807) is 0 Å². The molecule has 12 heavy (non-hydrogen) atoms. The van der Waals surface area contributed by atoms with E-state index in [-0.39, 0.29) is 18.5 Å². The molecule has 0 saturated heterocycles. The van der Waals surface area contributed by atoms with E-state index in [0.29, 0.717) is 19.3 Å². The lowest BCUT2D eigenvalue weighted by atomic mass is 10.0. The molecule has 0 aliphatic heterocycles. The zero-order chi connectivity index (χ0) is 9.40. The third-order valence-corrected chi connectivity index (χ3v) is 1.68. The first-order valence-electron chi connectivity index (χ1n) is 3.89. The van der Waals surface area contributed by atoms with Crippen LogP contribution >= 0.6 is 0 Å². The highest BCUT2D eigenvalue weighted by Gasteiger charge is 2.16. The third-order valence-electron chi connectivity index (χ3n) is 1.68. The van der Waals surface area contributed by atoms with Gasteiger partial charge in [-0.3, -0.25) is 9.59 Å². The quantitative estimate of drug-likeness (QED) is 0.338. The Morgan fingerprint density at radius 2 is 2.25 bits per heavy atom. The predicted octanol–water partition coefficient (Wildman–Crippen LogP) is 0.749. The van der Waals surface area contributed by atoms with E-state index in [1.165, 1.54) is 7.11 Å². The molecule has 4 nitrogen and oxygen atoms in total. The number of methoxy groups -OCH3 is 1. The van der Waals surface area contributed by atoms with Crippen molar-refractivity contribution in [2.75, 3.05) is 13.7 Å². The second-order valence-electron chi connectivity index (χ2n) is 2.38. The predicted molar refractivity (Wildman–Crippen MR) is 42.4 cm³/mol. The summed E-state index contributed by atoms with van der Waals surface area (Å²) >= 11 is 0. The third kappa shape index (κ3) is 3.95. The first-order valence-corrected chi connectivity index (χ1v) is 3.89. The number of ether oxygens (including phenoxy) is 2. The Labute approximate surface area is 71.8 Å². The van der Waals surface area contributed by atoms with Crippen LogP contribution < -0.4 is 0 Å². The van der Waals surface area contributed by atoms with Crippen LogP contribution in [0.25, 0.3) is 0 Å². The van der Waals surface area contributed by atoms with Gasteiger partial charge in [-0.2, -0.15) is 0 Å². The fraction of sp³-hybridized carbons (Fsp3) is 0.750. The van der Waals surface area contributed by atoms with Crippen molar-refractivity contribution in [3.63, 3.8) is 0 Å². The van der Waals surface area contributed by atoms with E-state index in [1.807, 2.05) is 6.92 Å². The van der Waals surface area contributed by atoms with E-state index in [0.717, 1.165) is 0 Å². The van der Waals surface area contributed by atoms with E-state index in [9.17, 15) is 9.59 Å². The number of esters is 1. The van der Waals surface area contributed by atoms with Gasteiger partial charge in [0.1, 0.15) is 0 Å².